The third kappa shape index (κ3) is 3.62. The lowest BCUT2D eigenvalue weighted by molar-refractivity contribution is 0.0327. The smallest absolute Gasteiger partial charge is 0.118 e. The zero-order chi connectivity index (χ0) is 14.8. The van der Waals surface area contributed by atoms with Crippen molar-refractivity contribution >= 4 is 0 Å². The Labute approximate surface area is 123 Å². The van der Waals surface area contributed by atoms with Crippen molar-refractivity contribution in [2.75, 3.05) is 33.2 Å². The number of aryl methyl sites for hydroxylation is 1. The maximum atomic E-state index is 5.91. The lowest BCUT2D eigenvalue weighted by atomic mass is 10.00. The molecule has 114 valence electrons. The Hall–Kier alpha value is -0.840. The number of piperazine rings is 1. The molecule has 1 aliphatic heterocycles. The molecule has 0 aliphatic carbocycles. The first-order valence-corrected chi connectivity index (χ1v) is 7.65. The highest BCUT2D eigenvalue weighted by Crippen LogP contribution is 2.22. The first kappa shape index (κ1) is 15.5. The maximum Gasteiger partial charge on any atom is 0.118 e. The molecule has 1 aromatic heterocycles. The fraction of sp³-hybridized carbons (Fsp3) is 0.750. The fourth-order valence-electron chi connectivity index (χ4n) is 2.80. The SMILES string of the molecule is CCNCc1cc(CN2CCN(C)C(C)(C)C2)oc1C. The van der Waals surface area contributed by atoms with Crippen molar-refractivity contribution in [2.45, 2.75) is 46.3 Å². The van der Waals surface area contributed by atoms with E-state index in [2.05, 4.69) is 55.9 Å². The van der Waals surface area contributed by atoms with Gasteiger partial charge in [-0.05, 0) is 40.4 Å². The number of nitrogens with zero attached hydrogens (tertiary/aromatic N) is 2. The van der Waals surface area contributed by atoms with Crippen molar-refractivity contribution in [3.63, 3.8) is 0 Å². The van der Waals surface area contributed by atoms with Crippen LogP contribution < -0.4 is 5.32 Å². The van der Waals surface area contributed by atoms with Gasteiger partial charge in [0, 0.05) is 37.3 Å². The molecule has 4 nitrogen and oxygen atoms in total. The van der Waals surface area contributed by atoms with Crippen molar-refractivity contribution < 1.29 is 4.42 Å². The predicted octanol–water partition coefficient (Wildman–Crippen LogP) is 2.22. The minimum absolute atomic E-state index is 0.243. The Morgan fingerprint density at radius 3 is 2.75 bits per heavy atom. The van der Waals surface area contributed by atoms with Crippen LogP contribution in [0.2, 0.25) is 0 Å². The average molecular weight is 279 g/mol. The monoisotopic (exact) mass is 279 g/mol. The third-order valence-electron chi connectivity index (χ3n) is 4.41. The number of hydrogen-bond donors (Lipinski definition) is 1. The zero-order valence-electron chi connectivity index (χ0n) is 13.6. The largest absolute Gasteiger partial charge is 0.465 e. The minimum atomic E-state index is 0.243. The molecular weight excluding hydrogens is 250 g/mol. The molecule has 1 N–H and O–H groups in total. The first-order valence-electron chi connectivity index (χ1n) is 7.65. The van der Waals surface area contributed by atoms with E-state index < -0.39 is 0 Å². The van der Waals surface area contributed by atoms with Gasteiger partial charge in [0.05, 0.1) is 6.54 Å². The molecule has 4 heteroatoms. The molecule has 1 saturated heterocycles. The summed E-state index contributed by atoms with van der Waals surface area (Å²) in [6.07, 6.45) is 0. The molecule has 1 aliphatic rings. The third-order valence-corrected chi connectivity index (χ3v) is 4.41. The molecule has 0 aromatic carbocycles. The number of rotatable bonds is 5. The van der Waals surface area contributed by atoms with Crippen molar-refractivity contribution in [2.24, 2.45) is 0 Å². The second-order valence-electron chi connectivity index (χ2n) is 6.52. The lowest BCUT2D eigenvalue weighted by Crippen LogP contribution is -2.57. The average Bonchev–Trinajstić information content (AvgIpc) is 2.71. The van der Waals surface area contributed by atoms with Gasteiger partial charge in [0.15, 0.2) is 0 Å². The van der Waals surface area contributed by atoms with Crippen LogP contribution in [0.3, 0.4) is 0 Å². The Morgan fingerprint density at radius 2 is 2.10 bits per heavy atom. The molecular formula is C16H29N3O. The summed E-state index contributed by atoms with van der Waals surface area (Å²) in [4.78, 5) is 4.93. The number of likely N-dealkylation sites (N-methyl/N-ethyl adjacent to an activating group) is 1. The van der Waals surface area contributed by atoms with Gasteiger partial charge in [-0.25, -0.2) is 0 Å². The zero-order valence-corrected chi connectivity index (χ0v) is 13.6. The molecule has 20 heavy (non-hydrogen) atoms. The van der Waals surface area contributed by atoms with Gasteiger partial charge in [0.2, 0.25) is 0 Å². The van der Waals surface area contributed by atoms with Crippen LogP contribution in [0.1, 0.15) is 37.9 Å². The Kier molecular flexibility index (Phi) is 4.89. The van der Waals surface area contributed by atoms with E-state index in [-0.39, 0.29) is 5.54 Å². The highest BCUT2D eigenvalue weighted by Gasteiger charge is 2.31. The standard InChI is InChI=1S/C16H29N3O/c1-6-17-10-14-9-15(20-13(14)2)11-19-8-7-18(5)16(3,4)12-19/h9,17H,6-8,10-12H2,1-5H3. The van der Waals surface area contributed by atoms with E-state index in [0.29, 0.717) is 0 Å². The second kappa shape index (κ2) is 6.29. The van der Waals surface area contributed by atoms with Gasteiger partial charge in [-0.2, -0.15) is 0 Å². The van der Waals surface area contributed by atoms with Crippen molar-refractivity contribution in [1.82, 2.24) is 15.1 Å². The van der Waals surface area contributed by atoms with E-state index in [4.69, 9.17) is 4.42 Å². The van der Waals surface area contributed by atoms with E-state index in [1.807, 2.05) is 0 Å². The number of nitrogens with one attached hydrogen (secondary N) is 1. The molecule has 0 saturated carbocycles. The maximum absolute atomic E-state index is 5.91. The Bertz CT molecular complexity index is 439. The van der Waals surface area contributed by atoms with Crippen LogP contribution in [-0.2, 0) is 13.1 Å². The van der Waals surface area contributed by atoms with Crippen LogP contribution in [0.4, 0.5) is 0 Å². The van der Waals surface area contributed by atoms with Gasteiger partial charge in [-0.3, -0.25) is 9.80 Å². The van der Waals surface area contributed by atoms with Gasteiger partial charge in [0.1, 0.15) is 11.5 Å². The topological polar surface area (TPSA) is 31.6 Å². The van der Waals surface area contributed by atoms with Crippen molar-refractivity contribution in [3.8, 4) is 0 Å². The van der Waals surface area contributed by atoms with E-state index in [0.717, 1.165) is 50.8 Å². The second-order valence-corrected chi connectivity index (χ2v) is 6.52. The molecule has 0 spiro atoms. The summed E-state index contributed by atoms with van der Waals surface area (Å²) in [5.41, 5.74) is 1.53. The summed E-state index contributed by atoms with van der Waals surface area (Å²) >= 11 is 0. The van der Waals surface area contributed by atoms with E-state index in [1.165, 1.54) is 5.56 Å². The molecule has 2 rings (SSSR count). The van der Waals surface area contributed by atoms with Gasteiger partial charge in [0.25, 0.3) is 0 Å². The van der Waals surface area contributed by atoms with Crippen LogP contribution in [0.15, 0.2) is 10.5 Å². The van der Waals surface area contributed by atoms with Gasteiger partial charge >= 0.3 is 0 Å². The van der Waals surface area contributed by atoms with E-state index >= 15 is 0 Å². The highest BCUT2D eigenvalue weighted by atomic mass is 16.3. The van der Waals surface area contributed by atoms with Gasteiger partial charge in [-0.15, -0.1) is 0 Å². The molecule has 0 amide bonds. The lowest BCUT2D eigenvalue weighted by Gasteiger charge is -2.45. The van der Waals surface area contributed by atoms with Crippen LogP contribution in [0, 0.1) is 6.92 Å². The van der Waals surface area contributed by atoms with Gasteiger partial charge in [-0.1, -0.05) is 6.92 Å². The minimum Gasteiger partial charge on any atom is -0.465 e. The normalized spacial score (nSPS) is 20.4. The van der Waals surface area contributed by atoms with Crippen LogP contribution in [-0.4, -0.2) is 48.6 Å². The highest BCUT2D eigenvalue weighted by molar-refractivity contribution is 5.20. The van der Waals surface area contributed by atoms with E-state index in [9.17, 15) is 0 Å². The summed E-state index contributed by atoms with van der Waals surface area (Å²) in [7, 11) is 2.21. The summed E-state index contributed by atoms with van der Waals surface area (Å²) in [6.45, 7) is 14.9. The molecule has 1 aromatic rings. The quantitative estimate of drug-likeness (QED) is 0.895. The molecule has 0 radical (unpaired) electrons. The number of furan rings is 1. The summed E-state index contributed by atoms with van der Waals surface area (Å²) in [6, 6.07) is 2.21. The summed E-state index contributed by atoms with van der Waals surface area (Å²) in [5, 5.41) is 3.36. The molecule has 1 fully saturated rings. The number of hydrogen-bond acceptors (Lipinski definition) is 4. The van der Waals surface area contributed by atoms with Crippen LogP contribution in [0.25, 0.3) is 0 Å². The van der Waals surface area contributed by atoms with E-state index in [1.54, 1.807) is 0 Å². The Morgan fingerprint density at radius 1 is 1.35 bits per heavy atom. The molecule has 2 heterocycles. The first-order chi connectivity index (χ1) is 9.42. The van der Waals surface area contributed by atoms with Crippen LogP contribution in [0.5, 0.6) is 0 Å². The fourth-order valence-corrected chi connectivity index (χ4v) is 2.80. The Balaban J connectivity index is 1.96. The predicted molar refractivity (Wildman–Crippen MR) is 82.8 cm³/mol. The molecule has 0 atom stereocenters. The van der Waals surface area contributed by atoms with Crippen molar-refractivity contribution in [1.29, 1.82) is 0 Å². The van der Waals surface area contributed by atoms with Crippen LogP contribution >= 0.6 is 0 Å². The molecule has 0 bridgehead atoms. The summed E-state index contributed by atoms with van der Waals surface area (Å²) < 4.78 is 5.91. The summed E-state index contributed by atoms with van der Waals surface area (Å²) in [5.74, 6) is 2.14. The van der Waals surface area contributed by atoms with Crippen molar-refractivity contribution in [3.05, 3.63) is 23.2 Å². The molecule has 0 unspecified atom stereocenters. The van der Waals surface area contributed by atoms with Gasteiger partial charge < -0.3 is 9.73 Å².